The minimum atomic E-state index is 1.07. The first kappa shape index (κ1) is 8.82. The fraction of sp³-hybridized carbons (Fsp3) is 0.364. The molecular weight excluding hydrogens is 178 g/mol. The number of nitrogens with zero attached hydrogens (tertiary/aromatic N) is 1. The molecular formula is C11H14NS+. The molecule has 0 bridgehead atoms. The Labute approximate surface area is 83.5 Å². The molecule has 2 aliphatic rings. The monoisotopic (exact) mass is 192 g/mol. The first-order chi connectivity index (χ1) is 6.33. The van der Waals surface area contributed by atoms with E-state index in [2.05, 4.69) is 42.3 Å². The lowest BCUT2D eigenvalue weighted by Gasteiger charge is -2.03. The van der Waals surface area contributed by atoms with Crippen LogP contribution in [0, 0.1) is 0 Å². The van der Waals surface area contributed by atoms with Crippen LogP contribution < -0.4 is 0 Å². The third kappa shape index (κ3) is 1.51. The summed E-state index contributed by atoms with van der Waals surface area (Å²) < 4.78 is 2.22. The van der Waals surface area contributed by atoms with Crippen molar-refractivity contribution in [1.29, 1.82) is 0 Å². The van der Waals surface area contributed by atoms with Crippen LogP contribution in [0.4, 0.5) is 0 Å². The molecule has 0 atom stereocenters. The highest BCUT2D eigenvalue weighted by molar-refractivity contribution is 8.02. The Morgan fingerprint density at radius 1 is 1.23 bits per heavy atom. The van der Waals surface area contributed by atoms with E-state index in [0.29, 0.717) is 0 Å². The standard InChI is InChI=1S/C11H14NS/c1-12-8-4-6-10(12)9-5-3-7-11(9)13-2/h5-8H,3-4H2,1-2H3/q+1. The molecule has 0 unspecified atom stereocenters. The zero-order valence-corrected chi connectivity index (χ0v) is 8.90. The maximum absolute atomic E-state index is 2.31. The summed E-state index contributed by atoms with van der Waals surface area (Å²) in [5, 5.41) is 0. The van der Waals surface area contributed by atoms with E-state index in [1.165, 1.54) is 16.2 Å². The van der Waals surface area contributed by atoms with Gasteiger partial charge in [-0.15, -0.1) is 11.8 Å². The van der Waals surface area contributed by atoms with Crippen LogP contribution in [0.25, 0.3) is 0 Å². The summed E-state index contributed by atoms with van der Waals surface area (Å²) in [6, 6.07) is 0. The Bertz CT molecular complexity index is 345. The van der Waals surface area contributed by atoms with E-state index in [9.17, 15) is 0 Å². The minimum absolute atomic E-state index is 1.07. The van der Waals surface area contributed by atoms with Crippen LogP contribution in [-0.2, 0) is 0 Å². The lowest BCUT2D eigenvalue weighted by molar-refractivity contribution is -0.431. The molecule has 0 spiro atoms. The fourth-order valence-corrected chi connectivity index (χ4v) is 2.45. The lowest BCUT2D eigenvalue weighted by atomic mass is 10.2. The van der Waals surface area contributed by atoms with E-state index < -0.39 is 0 Å². The van der Waals surface area contributed by atoms with Crippen LogP contribution in [0.5, 0.6) is 0 Å². The van der Waals surface area contributed by atoms with E-state index >= 15 is 0 Å². The molecule has 0 aromatic carbocycles. The lowest BCUT2D eigenvalue weighted by Crippen LogP contribution is -2.03. The SMILES string of the molecule is CSC1=CCC=C1C1=CCC=[N+]1C. The molecule has 0 radical (unpaired) electrons. The highest BCUT2D eigenvalue weighted by Gasteiger charge is 2.22. The number of likely N-dealkylation sites (N-methyl/N-ethyl adjacent to an activating group) is 1. The number of thioether (sulfide) groups is 1. The average Bonchev–Trinajstić information content (AvgIpc) is 2.71. The quantitative estimate of drug-likeness (QED) is 0.608. The molecule has 1 heterocycles. The van der Waals surface area contributed by atoms with Gasteiger partial charge in [-0.05, 0) is 18.8 Å². The second-order valence-corrected chi connectivity index (χ2v) is 4.09. The van der Waals surface area contributed by atoms with Gasteiger partial charge in [0, 0.05) is 11.3 Å². The molecule has 68 valence electrons. The van der Waals surface area contributed by atoms with Gasteiger partial charge in [-0.1, -0.05) is 12.2 Å². The number of hydrogen-bond acceptors (Lipinski definition) is 1. The third-order valence-corrected chi connectivity index (χ3v) is 3.28. The average molecular weight is 192 g/mol. The van der Waals surface area contributed by atoms with Crippen LogP contribution in [0.15, 0.2) is 34.4 Å². The summed E-state index contributed by atoms with van der Waals surface area (Å²) in [4.78, 5) is 1.42. The summed E-state index contributed by atoms with van der Waals surface area (Å²) in [6.45, 7) is 0. The van der Waals surface area contributed by atoms with Crippen molar-refractivity contribution < 1.29 is 4.58 Å². The Morgan fingerprint density at radius 3 is 2.69 bits per heavy atom. The molecule has 0 aromatic heterocycles. The maximum Gasteiger partial charge on any atom is 0.209 e. The van der Waals surface area contributed by atoms with E-state index in [1.54, 1.807) is 0 Å². The van der Waals surface area contributed by atoms with Gasteiger partial charge in [-0.25, -0.2) is 4.58 Å². The Kier molecular flexibility index (Phi) is 2.40. The number of rotatable bonds is 2. The van der Waals surface area contributed by atoms with Crippen molar-refractivity contribution in [3.05, 3.63) is 34.4 Å². The first-order valence-corrected chi connectivity index (χ1v) is 5.77. The fourth-order valence-electron chi connectivity index (χ4n) is 1.78. The summed E-state index contributed by atoms with van der Waals surface area (Å²) in [5.74, 6) is 0. The molecule has 0 fully saturated rings. The minimum Gasteiger partial charge on any atom is -0.205 e. The molecule has 0 amide bonds. The topological polar surface area (TPSA) is 3.01 Å². The van der Waals surface area contributed by atoms with E-state index in [1.807, 2.05) is 11.8 Å². The van der Waals surface area contributed by atoms with E-state index in [-0.39, 0.29) is 0 Å². The molecule has 0 aromatic rings. The zero-order valence-electron chi connectivity index (χ0n) is 8.08. The van der Waals surface area contributed by atoms with Gasteiger partial charge in [0.2, 0.25) is 5.70 Å². The largest absolute Gasteiger partial charge is 0.209 e. The van der Waals surface area contributed by atoms with E-state index in [0.717, 1.165) is 12.8 Å². The van der Waals surface area contributed by atoms with Gasteiger partial charge in [0.25, 0.3) is 0 Å². The molecule has 1 aliphatic carbocycles. The molecule has 1 nitrogen and oxygen atoms in total. The van der Waals surface area contributed by atoms with Gasteiger partial charge in [0.05, 0.1) is 5.57 Å². The second kappa shape index (κ2) is 3.54. The van der Waals surface area contributed by atoms with Crippen molar-refractivity contribution >= 4 is 18.0 Å². The van der Waals surface area contributed by atoms with Crippen LogP contribution in [0.2, 0.25) is 0 Å². The molecule has 2 heteroatoms. The summed E-state index contributed by atoms with van der Waals surface area (Å²) in [6.07, 6.45) is 13.4. The molecule has 0 N–H and O–H groups in total. The van der Waals surface area contributed by atoms with Gasteiger partial charge < -0.3 is 0 Å². The Morgan fingerprint density at radius 2 is 2.08 bits per heavy atom. The molecule has 13 heavy (non-hydrogen) atoms. The van der Waals surface area contributed by atoms with Crippen molar-refractivity contribution in [2.75, 3.05) is 13.3 Å². The van der Waals surface area contributed by atoms with Crippen molar-refractivity contribution in [2.24, 2.45) is 0 Å². The second-order valence-electron chi connectivity index (χ2n) is 3.24. The zero-order chi connectivity index (χ0) is 9.26. The Balaban J connectivity index is 2.28. The van der Waals surface area contributed by atoms with Crippen molar-refractivity contribution in [1.82, 2.24) is 0 Å². The van der Waals surface area contributed by atoms with Crippen molar-refractivity contribution in [3.63, 3.8) is 0 Å². The first-order valence-electron chi connectivity index (χ1n) is 4.54. The summed E-state index contributed by atoms with van der Waals surface area (Å²) in [7, 11) is 2.12. The molecule has 2 rings (SSSR count). The Hall–Kier alpha value is -0.760. The maximum atomic E-state index is 2.31. The molecule has 1 aliphatic heterocycles. The smallest absolute Gasteiger partial charge is 0.205 e. The summed E-state index contributed by atoms with van der Waals surface area (Å²) in [5.41, 5.74) is 2.79. The normalized spacial score (nSPS) is 21.1. The molecule has 0 saturated carbocycles. The van der Waals surface area contributed by atoms with Gasteiger partial charge in [0.1, 0.15) is 13.3 Å². The van der Waals surface area contributed by atoms with Gasteiger partial charge >= 0.3 is 0 Å². The highest BCUT2D eigenvalue weighted by Crippen LogP contribution is 2.33. The third-order valence-electron chi connectivity index (χ3n) is 2.46. The van der Waals surface area contributed by atoms with Gasteiger partial charge in [0.15, 0.2) is 0 Å². The van der Waals surface area contributed by atoms with Crippen LogP contribution in [0.3, 0.4) is 0 Å². The van der Waals surface area contributed by atoms with Gasteiger partial charge in [-0.2, -0.15) is 0 Å². The predicted molar refractivity (Wildman–Crippen MR) is 59.2 cm³/mol. The van der Waals surface area contributed by atoms with Crippen LogP contribution in [-0.4, -0.2) is 24.1 Å². The van der Waals surface area contributed by atoms with Gasteiger partial charge in [-0.3, -0.25) is 0 Å². The van der Waals surface area contributed by atoms with Crippen molar-refractivity contribution in [3.8, 4) is 0 Å². The van der Waals surface area contributed by atoms with Crippen molar-refractivity contribution in [2.45, 2.75) is 12.8 Å². The number of hydrogen-bond donors (Lipinski definition) is 0. The van der Waals surface area contributed by atoms with Crippen LogP contribution >= 0.6 is 11.8 Å². The number of allylic oxidation sites excluding steroid dienone is 4. The summed E-state index contributed by atoms with van der Waals surface area (Å²) >= 11 is 1.84. The molecule has 0 saturated heterocycles. The highest BCUT2D eigenvalue weighted by atomic mass is 32.2. The predicted octanol–water partition coefficient (Wildman–Crippen LogP) is 2.56. The van der Waals surface area contributed by atoms with Crippen LogP contribution in [0.1, 0.15) is 12.8 Å². The van der Waals surface area contributed by atoms with E-state index in [4.69, 9.17) is 0 Å².